The maximum Gasteiger partial charge on any atom is 0.338 e. The second kappa shape index (κ2) is 11.6. The first-order chi connectivity index (χ1) is 17.0. The number of carbonyl (C=O) groups excluding carboxylic acids is 2. The predicted molar refractivity (Wildman–Crippen MR) is 131 cm³/mol. The quantitative estimate of drug-likeness (QED) is 0.410. The Bertz CT molecular complexity index is 1080. The van der Waals surface area contributed by atoms with Crippen LogP contribution in [0.3, 0.4) is 0 Å². The van der Waals surface area contributed by atoms with Gasteiger partial charge < -0.3 is 24.4 Å². The van der Waals surface area contributed by atoms with Gasteiger partial charge in [0.25, 0.3) is 5.91 Å². The van der Waals surface area contributed by atoms with Gasteiger partial charge in [-0.3, -0.25) is 4.79 Å². The monoisotopic (exact) mass is 501 g/mol. The van der Waals surface area contributed by atoms with Crippen molar-refractivity contribution in [3.8, 4) is 5.75 Å². The van der Waals surface area contributed by atoms with E-state index in [1.54, 1.807) is 40.4 Å². The van der Waals surface area contributed by atoms with Crippen molar-refractivity contribution in [2.75, 3.05) is 50.6 Å². The largest absolute Gasteiger partial charge is 0.484 e. The normalized spacial score (nSPS) is 17.6. The summed E-state index contributed by atoms with van der Waals surface area (Å²) < 4.78 is 18.1. The van der Waals surface area contributed by atoms with Crippen LogP contribution in [-0.2, 0) is 19.1 Å². The fraction of sp³-hybridized carbons (Fsp3) is 0.500. The molecule has 4 rings (SSSR count). The zero-order valence-electron chi connectivity index (χ0n) is 20.3. The first kappa shape index (κ1) is 25.1. The Kier molecular flexibility index (Phi) is 8.29. The average molecular weight is 502 g/mol. The number of anilines is 1. The molecule has 2 aromatic rings. The average Bonchev–Trinajstić information content (AvgIpc) is 3.28. The SMILES string of the molecule is CCCSc1nc2n(n1)C(c1ccc(OCC(=O)N3CCOCC3)cc1)C(C(=O)OCC)=C(C)N2. The molecular weight excluding hydrogens is 470 g/mol. The van der Waals surface area contributed by atoms with E-state index in [1.807, 2.05) is 19.1 Å². The molecule has 3 heterocycles. The number of aromatic nitrogens is 3. The highest BCUT2D eigenvalue weighted by atomic mass is 32.2. The number of rotatable bonds is 9. The summed E-state index contributed by atoms with van der Waals surface area (Å²) in [6.45, 7) is 8.22. The van der Waals surface area contributed by atoms with Gasteiger partial charge in [0.2, 0.25) is 11.1 Å². The summed E-state index contributed by atoms with van der Waals surface area (Å²) in [5.74, 6) is 1.59. The molecule has 35 heavy (non-hydrogen) atoms. The highest BCUT2D eigenvalue weighted by Crippen LogP contribution is 2.37. The van der Waals surface area contributed by atoms with E-state index in [0.717, 1.165) is 17.7 Å². The predicted octanol–water partition coefficient (Wildman–Crippen LogP) is 2.87. The summed E-state index contributed by atoms with van der Waals surface area (Å²) in [6.07, 6.45) is 1.01. The minimum atomic E-state index is -0.502. The number of fused-ring (bicyclic) bond motifs is 1. The molecule has 1 atom stereocenters. The number of morpholine rings is 1. The summed E-state index contributed by atoms with van der Waals surface area (Å²) in [6, 6.07) is 6.84. The van der Waals surface area contributed by atoms with Crippen LogP contribution in [0.2, 0.25) is 0 Å². The summed E-state index contributed by atoms with van der Waals surface area (Å²) in [5, 5.41) is 8.53. The van der Waals surface area contributed by atoms with E-state index in [1.165, 1.54) is 0 Å². The molecule has 1 aromatic heterocycles. The number of carbonyl (C=O) groups is 2. The van der Waals surface area contributed by atoms with Gasteiger partial charge in [0, 0.05) is 24.5 Å². The Morgan fingerprint density at radius 1 is 1.20 bits per heavy atom. The van der Waals surface area contributed by atoms with Crippen molar-refractivity contribution in [2.24, 2.45) is 0 Å². The number of ether oxygens (including phenoxy) is 3. The van der Waals surface area contributed by atoms with E-state index < -0.39 is 12.0 Å². The van der Waals surface area contributed by atoms with Crippen molar-refractivity contribution < 1.29 is 23.8 Å². The van der Waals surface area contributed by atoms with Crippen molar-refractivity contribution in [2.45, 2.75) is 38.4 Å². The Morgan fingerprint density at radius 2 is 1.94 bits per heavy atom. The lowest BCUT2D eigenvalue weighted by molar-refractivity contribution is -0.139. The number of thioether (sulfide) groups is 1. The van der Waals surface area contributed by atoms with Gasteiger partial charge >= 0.3 is 5.97 Å². The van der Waals surface area contributed by atoms with Crippen LogP contribution < -0.4 is 10.1 Å². The summed E-state index contributed by atoms with van der Waals surface area (Å²) in [4.78, 5) is 31.6. The number of allylic oxidation sites excluding steroid dienone is 1. The van der Waals surface area contributed by atoms with Gasteiger partial charge in [0.05, 0.1) is 25.4 Å². The van der Waals surface area contributed by atoms with E-state index in [0.29, 0.717) is 54.4 Å². The topological polar surface area (TPSA) is 108 Å². The van der Waals surface area contributed by atoms with Gasteiger partial charge in [-0.1, -0.05) is 30.8 Å². The molecule has 1 saturated heterocycles. The number of hydrogen-bond donors (Lipinski definition) is 1. The Hall–Kier alpha value is -3.05. The third-order valence-electron chi connectivity index (χ3n) is 5.69. The number of hydrogen-bond acceptors (Lipinski definition) is 9. The lowest BCUT2D eigenvalue weighted by Crippen LogP contribution is -2.42. The number of esters is 1. The molecule has 1 amide bonds. The third kappa shape index (κ3) is 5.79. The Labute approximate surface area is 209 Å². The number of amides is 1. The lowest BCUT2D eigenvalue weighted by Gasteiger charge is -2.28. The van der Waals surface area contributed by atoms with Gasteiger partial charge in [-0.05, 0) is 38.0 Å². The smallest absolute Gasteiger partial charge is 0.338 e. The van der Waals surface area contributed by atoms with Crippen molar-refractivity contribution in [1.29, 1.82) is 0 Å². The van der Waals surface area contributed by atoms with E-state index in [2.05, 4.69) is 22.3 Å². The van der Waals surface area contributed by atoms with Crippen molar-refractivity contribution in [3.05, 3.63) is 41.1 Å². The number of nitrogens with zero attached hydrogens (tertiary/aromatic N) is 4. The molecule has 2 aliphatic heterocycles. The zero-order chi connectivity index (χ0) is 24.8. The maximum absolute atomic E-state index is 12.9. The van der Waals surface area contributed by atoms with E-state index in [4.69, 9.17) is 14.2 Å². The Morgan fingerprint density at radius 3 is 2.63 bits per heavy atom. The van der Waals surface area contributed by atoms with E-state index in [-0.39, 0.29) is 19.1 Å². The molecule has 1 unspecified atom stereocenters. The minimum Gasteiger partial charge on any atom is -0.484 e. The minimum absolute atomic E-state index is 0.0367. The molecule has 1 fully saturated rings. The van der Waals surface area contributed by atoms with Crippen LogP contribution in [0.15, 0.2) is 40.7 Å². The Balaban J connectivity index is 1.56. The van der Waals surface area contributed by atoms with Gasteiger partial charge in [-0.15, -0.1) is 5.10 Å². The second-order valence-electron chi connectivity index (χ2n) is 8.15. The molecule has 0 saturated carbocycles. The first-order valence-electron chi connectivity index (χ1n) is 11.8. The first-order valence-corrected chi connectivity index (χ1v) is 12.8. The molecule has 188 valence electrons. The highest BCUT2D eigenvalue weighted by Gasteiger charge is 2.35. The van der Waals surface area contributed by atoms with Gasteiger partial charge in [0.1, 0.15) is 11.8 Å². The molecular formula is C24H31N5O5S. The molecule has 1 N–H and O–H groups in total. The van der Waals surface area contributed by atoms with Crippen LogP contribution in [0.5, 0.6) is 5.75 Å². The number of benzene rings is 1. The molecule has 2 aliphatic rings. The van der Waals surface area contributed by atoms with Crippen molar-refractivity contribution in [3.63, 3.8) is 0 Å². The molecule has 0 bridgehead atoms. The lowest BCUT2D eigenvalue weighted by atomic mass is 9.96. The van der Waals surface area contributed by atoms with Crippen molar-refractivity contribution in [1.82, 2.24) is 19.7 Å². The fourth-order valence-corrected chi connectivity index (χ4v) is 4.65. The maximum atomic E-state index is 12.9. The highest BCUT2D eigenvalue weighted by molar-refractivity contribution is 7.99. The molecule has 0 aliphatic carbocycles. The second-order valence-corrected chi connectivity index (χ2v) is 9.21. The molecule has 0 radical (unpaired) electrons. The zero-order valence-corrected chi connectivity index (χ0v) is 21.1. The van der Waals surface area contributed by atoms with E-state index >= 15 is 0 Å². The van der Waals surface area contributed by atoms with Gasteiger partial charge in [-0.2, -0.15) is 4.98 Å². The number of nitrogens with one attached hydrogen (secondary N) is 1. The van der Waals surface area contributed by atoms with Crippen LogP contribution in [0.1, 0.15) is 38.8 Å². The van der Waals surface area contributed by atoms with E-state index in [9.17, 15) is 9.59 Å². The molecule has 11 heteroatoms. The van der Waals surface area contributed by atoms with Crippen LogP contribution in [0.25, 0.3) is 0 Å². The fourth-order valence-electron chi connectivity index (χ4n) is 3.96. The summed E-state index contributed by atoms with van der Waals surface area (Å²) in [5.41, 5.74) is 1.99. The molecule has 10 nitrogen and oxygen atoms in total. The molecule has 1 aromatic carbocycles. The van der Waals surface area contributed by atoms with Gasteiger partial charge in [0.15, 0.2) is 6.61 Å². The van der Waals surface area contributed by atoms with Crippen LogP contribution in [0, 0.1) is 0 Å². The summed E-state index contributed by atoms with van der Waals surface area (Å²) >= 11 is 1.57. The van der Waals surface area contributed by atoms with Gasteiger partial charge in [-0.25, -0.2) is 9.48 Å². The van der Waals surface area contributed by atoms with Crippen LogP contribution in [-0.4, -0.2) is 76.8 Å². The standard InChI is InChI=1S/C24H31N5O5S/c1-4-14-35-24-26-23-25-16(3)20(22(31)33-5-2)21(29(23)27-24)17-6-8-18(9-7-17)34-15-19(30)28-10-12-32-13-11-28/h6-9,21H,4-5,10-15H2,1-3H3,(H,25,26,27). The van der Waals surface area contributed by atoms with Crippen molar-refractivity contribution >= 4 is 29.6 Å². The summed E-state index contributed by atoms with van der Waals surface area (Å²) in [7, 11) is 0. The third-order valence-corrected chi connectivity index (χ3v) is 6.73. The van der Waals surface area contributed by atoms with Crippen LogP contribution >= 0.6 is 11.8 Å². The van der Waals surface area contributed by atoms with Crippen LogP contribution in [0.4, 0.5) is 5.95 Å². The molecule has 0 spiro atoms.